The summed E-state index contributed by atoms with van der Waals surface area (Å²) in [6.07, 6.45) is 7.28. The normalized spacial score (nSPS) is 13.6. The van der Waals surface area contributed by atoms with Crippen LogP contribution in [0.2, 0.25) is 0 Å². The van der Waals surface area contributed by atoms with E-state index in [-0.39, 0.29) is 5.91 Å². The summed E-state index contributed by atoms with van der Waals surface area (Å²) in [4.78, 5) is 25.4. The van der Waals surface area contributed by atoms with Crippen molar-refractivity contribution in [1.29, 1.82) is 0 Å². The van der Waals surface area contributed by atoms with E-state index in [9.17, 15) is 4.79 Å². The predicted molar refractivity (Wildman–Crippen MR) is 101 cm³/mol. The lowest BCUT2D eigenvalue weighted by molar-refractivity contribution is 0.102. The van der Waals surface area contributed by atoms with E-state index in [0.29, 0.717) is 17.2 Å². The second-order valence-corrected chi connectivity index (χ2v) is 6.63. The van der Waals surface area contributed by atoms with Gasteiger partial charge >= 0.3 is 0 Å². The van der Waals surface area contributed by atoms with Gasteiger partial charge in [-0.05, 0) is 55.3 Å². The fourth-order valence-corrected chi connectivity index (χ4v) is 2.95. The number of nitrogens with one attached hydrogen (secondary N) is 1. The lowest BCUT2D eigenvalue weighted by atomic mass is 10.1. The maximum Gasteiger partial charge on any atom is 0.257 e. The first-order valence-electron chi connectivity index (χ1n) is 8.84. The van der Waals surface area contributed by atoms with Crippen LogP contribution < -0.4 is 5.32 Å². The molecule has 1 aliphatic rings. The minimum absolute atomic E-state index is 0.214. The van der Waals surface area contributed by atoms with Crippen LogP contribution in [0.4, 0.5) is 5.69 Å². The minimum atomic E-state index is -0.214. The lowest BCUT2D eigenvalue weighted by Gasteiger charge is -2.06. The molecule has 1 N–H and O–H groups in total. The van der Waals surface area contributed by atoms with E-state index in [4.69, 9.17) is 4.42 Å². The van der Waals surface area contributed by atoms with Crippen LogP contribution in [0.3, 0.4) is 0 Å². The smallest absolute Gasteiger partial charge is 0.257 e. The molecule has 0 atom stereocenters. The van der Waals surface area contributed by atoms with Crippen molar-refractivity contribution >= 4 is 22.7 Å². The molecule has 3 aromatic heterocycles. The Morgan fingerprint density at radius 2 is 1.93 bits per heavy atom. The van der Waals surface area contributed by atoms with Crippen LogP contribution in [-0.2, 0) is 0 Å². The molecule has 1 aliphatic carbocycles. The number of nitrogens with zero attached hydrogens (tertiary/aromatic N) is 3. The van der Waals surface area contributed by atoms with Crippen LogP contribution in [-0.4, -0.2) is 20.9 Å². The molecule has 27 heavy (non-hydrogen) atoms. The molecule has 3 heterocycles. The molecule has 0 aliphatic heterocycles. The van der Waals surface area contributed by atoms with Gasteiger partial charge in [0, 0.05) is 35.8 Å². The van der Waals surface area contributed by atoms with E-state index in [1.807, 2.05) is 36.4 Å². The standard InChI is InChI=1S/C21H16N4O2/c26-20(15-3-5-17(23-12-15)13-7-9-22-10-8-13)24-16-4-6-19-18(11-16)25-21(27-19)14-1-2-14/h3-12,14H,1-2H2,(H,24,26). The summed E-state index contributed by atoms with van der Waals surface area (Å²) in [6, 6.07) is 12.8. The Morgan fingerprint density at radius 3 is 2.67 bits per heavy atom. The van der Waals surface area contributed by atoms with Gasteiger partial charge in [-0.1, -0.05) is 0 Å². The van der Waals surface area contributed by atoms with Gasteiger partial charge in [0.2, 0.25) is 0 Å². The van der Waals surface area contributed by atoms with Gasteiger partial charge in [0.25, 0.3) is 5.91 Å². The van der Waals surface area contributed by atoms with Crippen molar-refractivity contribution in [2.24, 2.45) is 0 Å². The van der Waals surface area contributed by atoms with E-state index < -0.39 is 0 Å². The molecular weight excluding hydrogens is 340 g/mol. The van der Waals surface area contributed by atoms with E-state index >= 15 is 0 Å². The van der Waals surface area contributed by atoms with Crippen LogP contribution in [0.1, 0.15) is 35.0 Å². The number of pyridine rings is 2. The predicted octanol–water partition coefficient (Wildman–Crippen LogP) is 4.41. The Balaban J connectivity index is 1.34. The average Bonchev–Trinajstić information content (AvgIpc) is 3.48. The van der Waals surface area contributed by atoms with Crippen LogP contribution in [0.15, 0.2) is 65.5 Å². The van der Waals surface area contributed by atoms with Crippen LogP contribution in [0, 0.1) is 0 Å². The third-order valence-corrected chi connectivity index (χ3v) is 4.59. The Labute approximate surface area is 155 Å². The molecule has 5 rings (SSSR count). The first-order valence-corrected chi connectivity index (χ1v) is 8.84. The second kappa shape index (κ2) is 6.32. The van der Waals surface area contributed by atoms with Gasteiger partial charge < -0.3 is 9.73 Å². The van der Waals surface area contributed by atoms with Crippen LogP contribution in [0.25, 0.3) is 22.4 Å². The van der Waals surface area contributed by atoms with Crippen molar-refractivity contribution in [2.45, 2.75) is 18.8 Å². The van der Waals surface area contributed by atoms with Gasteiger partial charge in [-0.3, -0.25) is 14.8 Å². The zero-order valence-corrected chi connectivity index (χ0v) is 14.4. The highest BCUT2D eigenvalue weighted by Gasteiger charge is 2.28. The fourth-order valence-electron chi connectivity index (χ4n) is 2.95. The number of carbonyl (C=O) groups excluding carboxylic acids is 1. The summed E-state index contributed by atoms with van der Waals surface area (Å²) in [6.45, 7) is 0. The molecule has 0 spiro atoms. The number of rotatable bonds is 4. The lowest BCUT2D eigenvalue weighted by Crippen LogP contribution is -2.12. The van der Waals surface area contributed by atoms with Crippen molar-refractivity contribution in [1.82, 2.24) is 15.0 Å². The topological polar surface area (TPSA) is 80.9 Å². The van der Waals surface area contributed by atoms with Crippen molar-refractivity contribution < 1.29 is 9.21 Å². The monoisotopic (exact) mass is 356 g/mol. The third-order valence-electron chi connectivity index (χ3n) is 4.59. The van der Waals surface area contributed by atoms with Crippen molar-refractivity contribution in [2.75, 3.05) is 5.32 Å². The number of aromatic nitrogens is 3. The van der Waals surface area contributed by atoms with Gasteiger partial charge in [-0.2, -0.15) is 0 Å². The molecule has 0 bridgehead atoms. The maximum absolute atomic E-state index is 12.5. The number of hydrogen-bond donors (Lipinski definition) is 1. The number of hydrogen-bond acceptors (Lipinski definition) is 5. The van der Waals surface area contributed by atoms with E-state index in [1.165, 1.54) is 0 Å². The van der Waals surface area contributed by atoms with Crippen molar-refractivity contribution in [3.63, 3.8) is 0 Å². The number of amides is 1. The first kappa shape index (κ1) is 15.7. The summed E-state index contributed by atoms with van der Waals surface area (Å²) < 4.78 is 5.75. The van der Waals surface area contributed by atoms with Crippen molar-refractivity contribution in [3.8, 4) is 11.3 Å². The Kier molecular flexibility index (Phi) is 3.67. The summed E-state index contributed by atoms with van der Waals surface area (Å²) in [7, 11) is 0. The molecule has 0 radical (unpaired) electrons. The Morgan fingerprint density at radius 1 is 1.07 bits per heavy atom. The highest BCUT2D eigenvalue weighted by atomic mass is 16.3. The Hall–Kier alpha value is -3.54. The summed E-state index contributed by atoms with van der Waals surface area (Å²) >= 11 is 0. The van der Waals surface area contributed by atoms with Crippen LogP contribution >= 0.6 is 0 Å². The zero-order chi connectivity index (χ0) is 18.2. The molecule has 132 valence electrons. The average molecular weight is 356 g/mol. The molecule has 6 heteroatoms. The largest absolute Gasteiger partial charge is 0.440 e. The fraction of sp³-hybridized carbons (Fsp3) is 0.143. The Bertz CT molecular complexity index is 1120. The molecule has 0 saturated heterocycles. The third kappa shape index (κ3) is 3.17. The summed E-state index contributed by atoms with van der Waals surface area (Å²) in [5.41, 5.74) is 4.44. The van der Waals surface area contributed by atoms with E-state index in [0.717, 1.165) is 41.1 Å². The minimum Gasteiger partial charge on any atom is -0.440 e. The second-order valence-electron chi connectivity index (χ2n) is 6.63. The van der Waals surface area contributed by atoms with E-state index in [1.54, 1.807) is 24.7 Å². The molecule has 1 aromatic carbocycles. The number of carbonyl (C=O) groups is 1. The number of benzene rings is 1. The SMILES string of the molecule is O=C(Nc1ccc2oc(C3CC3)nc2c1)c1ccc(-c2ccncc2)nc1. The number of fused-ring (bicyclic) bond motifs is 1. The quantitative estimate of drug-likeness (QED) is 0.585. The number of anilines is 1. The van der Waals surface area contributed by atoms with Gasteiger partial charge in [0.1, 0.15) is 5.52 Å². The molecule has 1 amide bonds. The maximum atomic E-state index is 12.5. The van der Waals surface area contributed by atoms with Crippen molar-refractivity contribution in [3.05, 3.63) is 72.5 Å². The summed E-state index contributed by atoms with van der Waals surface area (Å²) in [5.74, 6) is 1.04. The first-order chi connectivity index (χ1) is 13.3. The molecule has 1 fully saturated rings. The summed E-state index contributed by atoms with van der Waals surface area (Å²) in [5, 5.41) is 2.89. The zero-order valence-electron chi connectivity index (χ0n) is 14.4. The molecule has 6 nitrogen and oxygen atoms in total. The number of oxazole rings is 1. The van der Waals surface area contributed by atoms with Gasteiger partial charge in [0.15, 0.2) is 11.5 Å². The van der Waals surface area contributed by atoms with Crippen LogP contribution in [0.5, 0.6) is 0 Å². The highest BCUT2D eigenvalue weighted by molar-refractivity contribution is 6.04. The van der Waals surface area contributed by atoms with Gasteiger partial charge in [0.05, 0.1) is 11.3 Å². The van der Waals surface area contributed by atoms with Gasteiger partial charge in [-0.15, -0.1) is 0 Å². The molecule has 4 aromatic rings. The molecule has 1 saturated carbocycles. The highest BCUT2D eigenvalue weighted by Crippen LogP contribution is 2.40. The van der Waals surface area contributed by atoms with E-state index in [2.05, 4.69) is 20.3 Å². The van der Waals surface area contributed by atoms with Gasteiger partial charge in [-0.25, -0.2) is 4.98 Å². The molecular formula is C21H16N4O2. The molecule has 0 unspecified atom stereocenters.